The van der Waals surface area contributed by atoms with E-state index in [1.54, 1.807) is 16.7 Å². The maximum atomic E-state index is 13.4. The fraction of sp³-hybridized carbons (Fsp3) is 0.471. The lowest BCUT2D eigenvalue weighted by Gasteiger charge is -2.19. The molecule has 0 bridgehead atoms. The zero-order valence-corrected chi connectivity index (χ0v) is 13.7. The Labute approximate surface area is 135 Å². The lowest BCUT2D eigenvalue weighted by atomic mass is 10.2. The van der Waals surface area contributed by atoms with Gasteiger partial charge >= 0.3 is 0 Å². The summed E-state index contributed by atoms with van der Waals surface area (Å²) in [7, 11) is 3.83. The number of likely N-dealkylation sites (N-methyl/N-ethyl adjacent to an activating group) is 1. The molecule has 0 radical (unpaired) electrons. The number of amides is 1. The van der Waals surface area contributed by atoms with Crippen molar-refractivity contribution >= 4 is 16.8 Å². The zero-order chi connectivity index (χ0) is 16.6. The molecule has 0 spiro atoms. The van der Waals surface area contributed by atoms with Gasteiger partial charge in [-0.25, -0.2) is 4.39 Å². The highest BCUT2D eigenvalue weighted by atomic mass is 19.1. The highest BCUT2D eigenvalue weighted by Crippen LogP contribution is 2.20. The van der Waals surface area contributed by atoms with Crippen LogP contribution in [0.3, 0.4) is 0 Å². The van der Waals surface area contributed by atoms with E-state index in [2.05, 4.69) is 10.2 Å². The Kier molecular flexibility index (Phi) is 4.37. The minimum absolute atomic E-state index is 0.000999. The fourth-order valence-electron chi connectivity index (χ4n) is 3.26. The molecule has 0 aliphatic carbocycles. The number of nitrogens with zero attached hydrogens (tertiary/aromatic N) is 2. The molecule has 23 heavy (non-hydrogen) atoms. The van der Waals surface area contributed by atoms with Crippen molar-refractivity contribution in [2.24, 2.45) is 7.05 Å². The van der Waals surface area contributed by atoms with E-state index in [9.17, 15) is 9.18 Å². The van der Waals surface area contributed by atoms with Crippen LogP contribution in [0, 0.1) is 5.82 Å². The van der Waals surface area contributed by atoms with Gasteiger partial charge in [0.1, 0.15) is 11.5 Å². The number of aromatic nitrogens is 1. The van der Waals surface area contributed by atoms with Gasteiger partial charge in [0.15, 0.2) is 0 Å². The smallest absolute Gasteiger partial charge is 0.268 e. The van der Waals surface area contributed by atoms with E-state index in [1.807, 2.05) is 21.0 Å². The molecular formula is C17H22FN3O2. The maximum absolute atomic E-state index is 13.4. The predicted molar refractivity (Wildman–Crippen MR) is 87.0 cm³/mol. The summed E-state index contributed by atoms with van der Waals surface area (Å²) in [6, 6.07) is 6.22. The third-order valence-corrected chi connectivity index (χ3v) is 4.38. The van der Waals surface area contributed by atoms with E-state index in [4.69, 9.17) is 4.74 Å². The van der Waals surface area contributed by atoms with Gasteiger partial charge in [0.25, 0.3) is 5.91 Å². The Hall–Kier alpha value is -1.92. The van der Waals surface area contributed by atoms with Crippen LogP contribution in [0.4, 0.5) is 4.39 Å². The minimum Gasteiger partial charge on any atom is -0.375 e. The molecule has 6 heteroatoms. The summed E-state index contributed by atoms with van der Waals surface area (Å²) < 4.78 is 20.9. The maximum Gasteiger partial charge on any atom is 0.268 e. The van der Waals surface area contributed by atoms with Gasteiger partial charge in [-0.05, 0) is 38.2 Å². The van der Waals surface area contributed by atoms with Gasteiger partial charge in [0.2, 0.25) is 0 Å². The first-order valence-corrected chi connectivity index (χ1v) is 7.85. The summed E-state index contributed by atoms with van der Waals surface area (Å²) in [5.74, 6) is -0.460. The van der Waals surface area contributed by atoms with E-state index in [0.717, 1.165) is 24.0 Å². The highest BCUT2D eigenvalue weighted by Gasteiger charge is 2.33. The average molecular weight is 319 g/mol. The van der Waals surface area contributed by atoms with Gasteiger partial charge < -0.3 is 19.5 Å². The molecule has 1 amide bonds. The quantitative estimate of drug-likeness (QED) is 0.934. The van der Waals surface area contributed by atoms with Crippen LogP contribution in [0.25, 0.3) is 10.9 Å². The first-order chi connectivity index (χ1) is 11.0. The number of carbonyl (C=O) groups excluding carboxylic acids is 1. The Morgan fingerprint density at radius 1 is 1.35 bits per heavy atom. The van der Waals surface area contributed by atoms with Crippen LogP contribution in [0.15, 0.2) is 24.3 Å². The van der Waals surface area contributed by atoms with E-state index in [1.165, 1.54) is 12.1 Å². The number of ether oxygens (including phenoxy) is 1. The lowest BCUT2D eigenvalue weighted by Crippen LogP contribution is -2.44. The second-order valence-electron chi connectivity index (χ2n) is 6.09. The summed E-state index contributed by atoms with van der Waals surface area (Å²) in [5, 5.41) is 3.78. The van der Waals surface area contributed by atoms with Crippen LogP contribution < -0.4 is 5.32 Å². The lowest BCUT2D eigenvalue weighted by molar-refractivity contribution is 0.0511. The summed E-state index contributed by atoms with van der Waals surface area (Å²) in [5.41, 5.74) is 1.36. The van der Waals surface area contributed by atoms with Gasteiger partial charge in [-0.3, -0.25) is 4.79 Å². The molecule has 124 valence electrons. The molecule has 3 rings (SSSR count). The molecule has 1 aromatic heterocycles. The number of rotatable bonds is 4. The van der Waals surface area contributed by atoms with Crippen molar-refractivity contribution in [3.05, 3.63) is 35.8 Å². The van der Waals surface area contributed by atoms with Crippen LogP contribution in [-0.4, -0.2) is 54.3 Å². The first kappa shape index (κ1) is 16.0. The molecule has 0 unspecified atom stereocenters. The molecule has 2 heterocycles. The SMILES string of the molecule is CCO[C@H]1CN(C)C[C@@H]1NC(=O)c1cc2cc(F)ccc2n1C. The third-order valence-electron chi connectivity index (χ3n) is 4.38. The molecule has 1 aliphatic rings. The van der Waals surface area contributed by atoms with Crippen LogP contribution in [0.5, 0.6) is 0 Å². The zero-order valence-electron chi connectivity index (χ0n) is 13.7. The van der Waals surface area contributed by atoms with Crippen LogP contribution in [-0.2, 0) is 11.8 Å². The number of hydrogen-bond acceptors (Lipinski definition) is 3. The van der Waals surface area contributed by atoms with E-state index < -0.39 is 0 Å². The number of aryl methyl sites for hydroxylation is 1. The Balaban J connectivity index is 1.82. The van der Waals surface area contributed by atoms with Crippen LogP contribution in [0.2, 0.25) is 0 Å². The number of nitrogens with one attached hydrogen (secondary N) is 1. The van der Waals surface area contributed by atoms with Gasteiger partial charge in [0.05, 0.1) is 12.1 Å². The molecule has 1 saturated heterocycles. The minimum atomic E-state index is -0.302. The largest absolute Gasteiger partial charge is 0.375 e. The number of likely N-dealkylation sites (tertiary alicyclic amines) is 1. The monoisotopic (exact) mass is 319 g/mol. The summed E-state index contributed by atoms with van der Waals surface area (Å²) >= 11 is 0. The van der Waals surface area contributed by atoms with Crippen molar-refractivity contribution in [1.29, 1.82) is 0 Å². The van der Waals surface area contributed by atoms with Gasteiger partial charge in [0, 0.05) is 37.6 Å². The second kappa shape index (κ2) is 6.29. The number of halogens is 1. The standard InChI is InChI=1S/C17H22FN3O2/c1-4-23-16-10-20(2)9-13(16)19-17(22)15-8-11-7-12(18)5-6-14(11)21(15)3/h5-8,13,16H,4,9-10H2,1-3H3,(H,19,22)/t13-,16-/m0/s1. The Bertz CT molecular complexity index is 728. The van der Waals surface area contributed by atoms with Crippen molar-refractivity contribution in [3.8, 4) is 0 Å². The van der Waals surface area contributed by atoms with Gasteiger partial charge in [-0.15, -0.1) is 0 Å². The molecule has 1 N–H and O–H groups in total. The molecule has 2 aromatic rings. The van der Waals surface area contributed by atoms with Crippen LogP contribution >= 0.6 is 0 Å². The Morgan fingerprint density at radius 3 is 2.87 bits per heavy atom. The summed E-state index contributed by atoms with van der Waals surface area (Å²) in [6.45, 7) is 4.14. The Morgan fingerprint density at radius 2 is 2.13 bits per heavy atom. The third kappa shape index (κ3) is 3.09. The van der Waals surface area contributed by atoms with Crippen LogP contribution in [0.1, 0.15) is 17.4 Å². The number of benzene rings is 1. The van der Waals surface area contributed by atoms with Crippen molar-refractivity contribution in [3.63, 3.8) is 0 Å². The van der Waals surface area contributed by atoms with Crippen molar-refractivity contribution in [2.75, 3.05) is 26.7 Å². The van der Waals surface area contributed by atoms with Crippen molar-refractivity contribution < 1.29 is 13.9 Å². The molecule has 5 nitrogen and oxygen atoms in total. The number of fused-ring (bicyclic) bond motifs is 1. The topological polar surface area (TPSA) is 46.5 Å². The molecule has 0 saturated carbocycles. The number of carbonyl (C=O) groups is 1. The van der Waals surface area contributed by atoms with E-state index in [-0.39, 0.29) is 23.9 Å². The molecule has 2 atom stereocenters. The van der Waals surface area contributed by atoms with Gasteiger partial charge in [-0.1, -0.05) is 0 Å². The molecule has 1 aliphatic heterocycles. The highest BCUT2D eigenvalue weighted by molar-refractivity contribution is 5.98. The van der Waals surface area contributed by atoms with Gasteiger partial charge in [-0.2, -0.15) is 0 Å². The van der Waals surface area contributed by atoms with E-state index in [0.29, 0.717) is 12.3 Å². The normalized spacial score (nSPS) is 21.9. The molecular weight excluding hydrogens is 297 g/mol. The second-order valence-corrected chi connectivity index (χ2v) is 6.09. The molecule has 1 aromatic carbocycles. The predicted octanol–water partition coefficient (Wildman–Crippen LogP) is 1.77. The summed E-state index contributed by atoms with van der Waals surface area (Å²) in [6.07, 6.45) is 0.000999. The average Bonchev–Trinajstić information content (AvgIpc) is 3.00. The number of hydrogen-bond donors (Lipinski definition) is 1. The first-order valence-electron chi connectivity index (χ1n) is 7.85. The van der Waals surface area contributed by atoms with Crippen molar-refractivity contribution in [1.82, 2.24) is 14.8 Å². The van der Waals surface area contributed by atoms with Crippen molar-refractivity contribution in [2.45, 2.75) is 19.1 Å². The molecule has 1 fully saturated rings. The fourth-order valence-corrected chi connectivity index (χ4v) is 3.26. The summed E-state index contributed by atoms with van der Waals surface area (Å²) in [4.78, 5) is 14.8. The van der Waals surface area contributed by atoms with E-state index >= 15 is 0 Å².